The van der Waals surface area contributed by atoms with E-state index in [-0.39, 0.29) is 29.5 Å². The minimum atomic E-state index is -5.31. The Hall–Kier alpha value is -4.62. The number of nitrogens with one attached hydrogen (secondary N) is 2. The fourth-order valence-corrected chi connectivity index (χ4v) is 3.98. The van der Waals surface area contributed by atoms with Crippen LogP contribution in [0.15, 0.2) is 41.5 Å². The number of aromatic nitrogens is 1. The van der Waals surface area contributed by atoms with Crippen molar-refractivity contribution in [3.8, 4) is 0 Å². The van der Waals surface area contributed by atoms with Gasteiger partial charge in [-0.15, -0.1) is 0 Å². The third kappa shape index (κ3) is 8.02. The summed E-state index contributed by atoms with van der Waals surface area (Å²) in [7, 11) is 0.832. The van der Waals surface area contributed by atoms with Crippen molar-refractivity contribution in [3.05, 3.63) is 80.9 Å². The van der Waals surface area contributed by atoms with Crippen molar-refractivity contribution in [3.63, 3.8) is 0 Å². The normalized spacial score (nSPS) is 12.4. The number of thiazole rings is 1. The number of alkyl halides is 9. The zero-order chi connectivity index (χ0) is 32.5. The second kappa shape index (κ2) is 11.9. The Morgan fingerprint density at radius 3 is 1.93 bits per heavy atom. The van der Waals surface area contributed by atoms with E-state index in [9.17, 15) is 62.7 Å². The van der Waals surface area contributed by atoms with Crippen LogP contribution in [0.1, 0.15) is 42.4 Å². The molecule has 0 saturated heterocycles. The van der Waals surface area contributed by atoms with Crippen LogP contribution in [0.4, 0.5) is 58.2 Å². The van der Waals surface area contributed by atoms with Gasteiger partial charge in [0.05, 0.1) is 17.3 Å². The Morgan fingerprint density at radius 2 is 1.42 bits per heavy atom. The molecule has 1 aromatic heterocycles. The van der Waals surface area contributed by atoms with Gasteiger partial charge in [0.1, 0.15) is 4.88 Å². The van der Waals surface area contributed by atoms with Gasteiger partial charge < -0.3 is 0 Å². The van der Waals surface area contributed by atoms with Gasteiger partial charge in [0.15, 0.2) is 22.5 Å². The number of benzene rings is 2. The van der Waals surface area contributed by atoms with E-state index in [2.05, 4.69) is 10.1 Å². The van der Waals surface area contributed by atoms with Gasteiger partial charge in [0.25, 0.3) is 11.8 Å². The van der Waals surface area contributed by atoms with E-state index in [1.165, 1.54) is 5.43 Å². The second-order valence-corrected chi connectivity index (χ2v) is 9.13. The largest absolute Gasteiger partial charge is 0.435 e. The number of hydrogen-bond acceptors (Lipinski definition) is 6. The third-order valence-corrected chi connectivity index (χ3v) is 6.20. The zero-order valence-electron chi connectivity index (χ0n) is 20.7. The van der Waals surface area contributed by atoms with Gasteiger partial charge in [-0.2, -0.15) is 44.6 Å². The molecule has 4 amide bonds. The van der Waals surface area contributed by atoms with Crippen molar-refractivity contribution in [2.75, 3.05) is 11.9 Å². The van der Waals surface area contributed by atoms with E-state index >= 15 is 0 Å². The highest BCUT2D eigenvalue weighted by Crippen LogP contribution is 2.38. The lowest BCUT2D eigenvalue weighted by Gasteiger charge is -2.14. The standard InChI is InChI=1S/C23H12F11N5O3S/c1-39(19(42)37-17(40)10-2-3-13(24)14(25)6-10)20-36-16(23(32,33)34)15(43-20)18(41)38-35-8-9-4-11(21(26,27)28)7-12(5-9)22(29,30)31/h2-8H,1H3,(H,38,41)(H,37,40,42)/b35-8+. The van der Waals surface area contributed by atoms with E-state index in [1.807, 2.05) is 0 Å². The monoisotopic (exact) mass is 647 g/mol. The molecular formula is C23H12F11N5O3S. The number of carbonyl (C=O) groups excluding carboxylic acids is 3. The third-order valence-electron chi connectivity index (χ3n) is 5.07. The Bertz CT molecular complexity index is 1560. The number of imide groups is 1. The minimum Gasteiger partial charge on any atom is -0.273 e. The molecule has 2 N–H and O–H groups in total. The number of carbonyl (C=O) groups is 3. The molecule has 0 aliphatic heterocycles. The highest BCUT2D eigenvalue weighted by molar-refractivity contribution is 7.17. The van der Waals surface area contributed by atoms with Crippen LogP contribution in [0.5, 0.6) is 0 Å². The second-order valence-electron chi connectivity index (χ2n) is 8.16. The van der Waals surface area contributed by atoms with Gasteiger partial charge in [0, 0.05) is 12.6 Å². The topological polar surface area (TPSA) is 104 Å². The molecule has 3 rings (SSSR count). The van der Waals surface area contributed by atoms with Gasteiger partial charge in [-0.25, -0.2) is 24.0 Å². The van der Waals surface area contributed by atoms with Gasteiger partial charge in [0.2, 0.25) is 0 Å². The number of amides is 4. The lowest BCUT2D eigenvalue weighted by atomic mass is 10.1. The number of hydrogen-bond donors (Lipinski definition) is 2. The number of halogens is 11. The molecule has 2 aromatic carbocycles. The maximum Gasteiger partial charge on any atom is 0.435 e. The summed E-state index contributed by atoms with van der Waals surface area (Å²) in [4.78, 5) is 39.2. The van der Waals surface area contributed by atoms with Crippen molar-refractivity contribution in [1.82, 2.24) is 15.7 Å². The van der Waals surface area contributed by atoms with Gasteiger partial charge in [-0.05, 0) is 42.0 Å². The fraction of sp³-hybridized carbons (Fsp3) is 0.174. The predicted octanol–water partition coefficient (Wildman–Crippen LogP) is 6.23. The summed E-state index contributed by atoms with van der Waals surface area (Å²) >= 11 is -0.0543. The van der Waals surface area contributed by atoms with E-state index in [1.54, 1.807) is 5.32 Å². The number of hydrazone groups is 1. The first-order valence-corrected chi connectivity index (χ1v) is 11.7. The Morgan fingerprint density at radius 1 is 0.837 bits per heavy atom. The highest BCUT2D eigenvalue weighted by Gasteiger charge is 2.41. The Balaban J connectivity index is 1.83. The van der Waals surface area contributed by atoms with Crippen LogP contribution in [0.3, 0.4) is 0 Å². The molecule has 0 aliphatic carbocycles. The predicted molar refractivity (Wildman–Crippen MR) is 126 cm³/mol. The van der Waals surface area contributed by atoms with Crippen LogP contribution >= 0.6 is 11.3 Å². The van der Waals surface area contributed by atoms with Crippen LogP contribution in [-0.2, 0) is 18.5 Å². The molecule has 3 aromatic rings. The maximum atomic E-state index is 13.6. The number of rotatable bonds is 5. The molecule has 0 aliphatic rings. The van der Waals surface area contributed by atoms with Crippen LogP contribution in [0.2, 0.25) is 0 Å². The van der Waals surface area contributed by atoms with Crippen molar-refractivity contribution < 1.29 is 62.7 Å². The number of urea groups is 1. The first kappa shape index (κ1) is 32.9. The van der Waals surface area contributed by atoms with Crippen LogP contribution in [0.25, 0.3) is 0 Å². The van der Waals surface area contributed by atoms with Crippen molar-refractivity contribution in [2.24, 2.45) is 5.10 Å². The molecule has 8 nitrogen and oxygen atoms in total. The summed E-state index contributed by atoms with van der Waals surface area (Å²) in [5.41, 5.74) is -5.11. The summed E-state index contributed by atoms with van der Waals surface area (Å²) in [6.07, 6.45) is -15.4. The fourth-order valence-electron chi connectivity index (χ4n) is 3.05. The average Bonchev–Trinajstić information content (AvgIpc) is 3.35. The molecule has 0 radical (unpaired) electrons. The Labute approximate surface area is 235 Å². The summed E-state index contributed by atoms with van der Waals surface area (Å²) in [6.45, 7) is 0. The van der Waals surface area contributed by atoms with E-state index < -0.39 is 86.0 Å². The molecule has 0 spiro atoms. The molecule has 0 saturated carbocycles. The van der Waals surface area contributed by atoms with E-state index in [4.69, 9.17) is 0 Å². The maximum absolute atomic E-state index is 13.6. The molecule has 0 bridgehead atoms. The SMILES string of the molecule is CN(C(=O)NC(=O)c1ccc(F)c(F)c1)c1nc(C(F)(F)F)c(C(=O)N/N=C/c2cc(C(F)(F)F)cc(C(F)(F)F)c2)s1. The van der Waals surface area contributed by atoms with Crippen molar-refractivity contribution >= 4 is 40.5 Å². The molecule has 230 valence electrons. The molecule has 0 fully saturated rings. The number of anilines is 1. The van der Waals surface area contributed by atoms with E-state index in [0.29, 0.717) is 23.2 Å². The van der Waals surface area contributed by atoms with Crippen molar-refractivity contribution in [1.29, 1.82) is 0 Å². The van der Waals surface area contributed by atoms with Gasteiger partial charge in [-0.3, -0.25) is 19.8 Å². The average molecular weight is 647 g/mol. The quantitative estimate of drug-likeness (QED) is 0.195. The lowest BCUT2D eigenvalue weighted by molar-refractivity contribution is -0.143. The summed E-state index contributed by atoms with van der Waals surface area (Å²) in [6, 6.07) is 0.714. The molecule has 20 heteroatoms. The van der Waals surface area contributed by atoms with Gasteiger partial charge in [-0.1, -0.05) is 11.3 Å². The number of nitrogens with zero attached hydrogens (tertiary/aromatic N) is 3. The summed E-state index contributed by atoms with van der Waals surface area (Å²) in [5.74, 6) is -5.69. The Kier molecular flexibility index (Phi) is 9.13. The lowest BCUT2D eigenvalue weighted by Crippen LogP contribution is -2.40. The van der Waals surface area contributed by atoms with Crippen LogP contribution < -0.4 is 15.6 Å². The van der Waals surface area contributed by atoms with E-state index in [0.717, 1.165) is 13.1 Å². The minimum absolute atomic E-state index is 0.0543. The first-order chi connectivity index (χ1) is 19.7. The molecule has 0 unspecified atom stereocenters. The smallest absolute Gasteiger partial charge is 0.273 e. The molecular weight excluding hydrogens is 635 g/mol. The first-order valence-electron chi connectivity index (χ1n) is 10.9. The highest BCUT2D eigenvalue weighted by atomic mass is 32.1. The molecule has 43 heavy (non-hydrogen) atoms. The zero-order valence-corrected chi connectivity index (χ0v) is 21.5. The van der Waals surface area contributed by atoms with Crippen molar-refractivity contribution in [2.45, 2.75) is 18.5 Å². The molecule has 0 atom stereocenters. The van der Waals surface area contributed by atoms with Gasteiger partial charge >= 0.3 is 24.6 Å². The summed E-state index contributed by atoms with van der Waals surface area (Å²) < 4.78 is 145. The summed E-state index contributed by atoms with van der Waals surface area (Å²) in [5, 5.41) is 3.99. The molecule has 1 heterocycles. The van der Waals surface area contributed by atoms with Crippen LogP contribution in [0, 0.1) is 11.6 Å². The van der Waals surface area contributed by atoms with Crippen LogP contribution in [-0.4, -0.2) is 36.1 Å².